The number of aromatic nitrogens is 2. The van der Waals surface area contributed by atoms with Crippen LogP contribution in [-0.2, 0) is 11.2 Å². The van der Waals surface area contributed by atoms with Gasteiger partial charge in [0.25, 0.3) is 0 Å². The van der Waals surface area contributed by atoms with E-state index in [1.165, 1.54) is 11.3 Å². The summed E-state index contributed by atoms with van der Waals surface area (Å²) in [4.78, 5) is 11.1. The highest BCUT2D eigenvalue weighted by Gasteiger charge is 2.06. The minimum Gasteiger partial charge on any atom is -0.497 e. The van der Waals surface area contributed by atoms with E-state index >= 15 is 0 Å². The Bertz CT molecular complexity index is 600. The lowest BCUT2D eigenvalue weighted by molar-refractivity contribution is -0.114. The Morgan fingerprint density at radius 2 is 2.00 bits per heavy atom. The van der Waals surface area contributed by atoms with E-state index in [9.17, 15) is 4.79 Å². The van der Waals surface area contributed by atoms with Crippen LogP contribution in [0.1, 0.15) is 11.4 Å². The molecule has 2 rings (SSSR count). The number of anilines is 1. The van der Waals surface area contributed by atoms with Gasteiger partial charge in [0, 0.05) is 6.42 Å². The van der Waals surface area contributed by atoms with E-state index in [2.05, 4.69) is 15.5 Å². The smallest absolute Gasteiger partial charge is 0.239 e. The summed E-state index contributed by atoms with van der Waals surface area (Å²) in [6.45, 7) is 0.515. The van der Waals surface area contributed by atoms with Crippen LogP contribution in [0.2, 0.25) is 0 Å². The highest BCUT2D eigenvalue weighted by atomic mass is 32.1. The fourth-order valence-corrected chi connectivity index (χ4v) is 2.46. The van der Waals surface area contributed by atoms with Crippen molar-refractivity contribution in [3.63, 3.8) is 0 Å². The molecule has 8 heteroatoms. The second-order valence-corrected chi connectivity index (χ2v) is 5.44. The number of hydrogen-bond acceptors (Lipinski definition) is 7. The summed E-state index contributed by atoms with van der Waals surface area (Å²) in [5.74, 6) is 1.33. The molecule has 0 saturated carbocycles. The highest BCUT2D eigenvalue weighted by molar-refractivity contribution is 7.15. The molecular weight excluding hydrogens is 304 g/mol. The fraction of sp³-hybridized carbons (Fsp3) is 0.357. The van der Waals surface area contributed by atoms with Gasteiger partial charge >= 0.3 is 0 Å². The summed E-state index contributed by atoms with van der Waals surface area (Å²) < 4.78 is 10.7. The lowest BCUT2D eigenvalue weighted by Gasteiger charge is -2.06. The molecule has 0 aliphatic heterocycles. The van der Waals surface area contributed by atoms with E-state index < -0.39 is 0 Å². The van der Waals surface area contributed by atoms with Gasteiger partial charge in [-0.3, -0.25) is 10.1 Å². The molecular formula is C14H18N4O3S. The van der Waals surface area contributed by atoms with Crippen LogP contribution >= 0.6 is 11.3 Å². The van der Waals surface area contributed by atoms with Crippen LogP contribution in [0.4, 0.5) is 5.13 Å². The van der Waals surface area contributed by atoms with Gasteiger partial charge in [-0.25, -0.2) is 0 Å². The molecule has 0 radical (unpaired) electrons. The lowest BCUT2D eigenvalue weighted by atomic mass is 10.3. The molecule has 2 aromatic rings. The number of aryl methyl sites for hydroxylation is 1. The molecule has 0 atom stereocenters. The third-order valence-electron chi connectivity index (χ3n) is 2.76. The van der Waals surface area contributed by atoms with Crippen molar-refractivity contribution in [3.05, 3.63) is 29.3 Å². The molecule has 0 aliphatic rings. The van der Waals surface area contributed by atoms with Crippen LogP contribution in [-0.4, -0.2) is 36.4 Å². The van der Waals surface area contributed by atoms with Gasteiger partial charge in [0.15, 0.2) is 0 Å². The van der Waals surface area contributed by atoms with E-state index in [1.54, 1.807) is 7.11 Å². The Kier molecular flexibility index (Phi) is 6.11. The van der Waals surface area contributed by atoms with Crippen molar-refractivity contribution < 1.29 is 14.3 Å². The van der Waals surface area contributed by atoms with Crippen molar-refractivity contribution in [1.29, 1.82) is 0 Å². The van der Waals surface area contributed by atoms with Crippen LogP contribution in [0.15, 0.2) is 24.3 Å². The molecule has 1 aromatic heterocycles. The van der Waals surface area contributed by atoms with Crippen LogP contribution in [0.3, 0.4) is 0 Å². The van der Waals surface area contributed by atoms with Gasteiger partial charge in [-0.15, -0.1) is 10.2 Å². The number of hydrogen-bond donors (Lipinski definition) is 2. The van der Waals surface area contributed by atoms with E-state index in [0.717, 1.165) is 29.3 Å². The first-order valence-electron chi connectivity index (χ1n) is 6.80. The normalized spacial score (nSPS) is 10.3. The number of benzene rings is 1. The molecule has 0 fully saturated rings. The lowest BCUT2D eigenvalue weighted by Crippen LogP contribution is -2.21. The SMILES string of the molecule is COc1ccc(OCCCc2nnc(NC(=O)CN)s2)cc1. The predicted octanol–water partition coefficient (Wildman–Crippen LogP) is 1.46. The first-order chi connectivity index (χ1) is 10.7. The summed E-state index contributed by atoms with van der Waals surface area (Å²) in [6, 6.07) is 7.44. The number of carbonyl (C=O) groups is 1. The molecule has 1 amide bonds. The van der Waals surface area contributed by atoms with Crippen molar-refractivity contribution in [1.82, 2.24) is 10.2 Å². The minimum absolute atomic E-state index is 0.0649. The van der Waals surface area contributed by atoms with Gasteiger partial charge in [-0.05, 0) is 30.7 Å². The Hall–Kier alpha value is -2.19. The summed E-state index contributed by atoms with van der Waals surface area (Å²) >= 11 is 1.35. The quantitative estimate of drug-likeness (QED) is 0.714. The van der Waals surface area contributed by atoms with Gasteiger partial charge in [0.05, 0.1) is 20.3 Å². The number of nitrogens with two attached hydrogens (primary N) is 1. The average Bonchev–Trinajstić information content (AvgIpc) is 2.99. The van der Waals surface area contributed by atoms with E-state index in [4.69, 9.17) is 15.2 Å². The summed E-state index contributed by atoms with van der Waals surface area (Å²) in [5.41, 5.74) is 5.22. The number of ether oxygens (including phenoxy) is 2. The molecule has 0 aliphatic carbocycles. The summed E-state index contributed by atoms with van der Waals surface area (Å²) in [6.07, 6.45) is 1.55. The predicted molar refractivity (Wildman–Crippen MR) is 84.4 cm³/mol. The molecule has 22 heavy (non-hydrogen) atoms. The largest absolute Gasteiger partial charge is 0.497 e. The summed E-state index contributed by atoms with van der Waals surface area (Å²) in [5, 5.41) is 11.8. The number of rotatable bonds is 8. The molecule has 118 valence electrons. The number of carbonyl (C=O) groups excluding carboxylic acids is 1. The summed E-state index contributed by atoms with van der Waals surface area (Å²) in [7, 11) is 1.63. The maximum absolute atomic E-state index is 11.1. The molecule has 0 bridgehead atoms. The molecule has 3 N–H and O–H groups in total. The first kappa shape index (κ1) is 16.2. The van der Waals surface area contributed by atoms with E-state index in [0.29, 0.717) is 11.7 Å². The van der Waals surface area contributed by atoms with Crippen molar-refractivity contribution in [2.75, 3.05) is 25.6 Å². The molecule has 0 spiro atoms. The van der Waals surface area contributed by atoms with Gasteiger partial charge in [-0.2, -0.15) is 0 Å². The average molecular weight is 322 g/mol. The fourth-order valence-electron chi connectivity index (χ4n) is 1.66. The van der Waals surface area contributed by atoms with E-state index in [1.807, 2.05) is 24.3 Å². The number of nitrogens with zero attached hydrogens (tertiary/aromatic N) is 2. The number of amides is 1. The molecule has 1 heterocycles. The number of methoxy groups -OCH3 is 1. The zero-order valence-electron chi connectivity index (χ0n) is 12.2. The Balaban J connectivity index is 1.71. The first-order valence-corrected chi connectivity index (χ1v) is 7.62. The molecule has 1 aromatic carbocycles. The van der Waals surface area contributed by atoms with Crippen molar-refractivity contribution in [2.24, 2.45) is 5.73 Å². The van der Waals surface area contributed by atoms with Gasteiger partial charge in [-0.1, -0.05) is 11.3 Å². The maximum Gasteiger partial charge on any atom is 0.239 e. The van der Waals surface area contributed by atoms with Crippen molar-refractivity contribution in [2.45, 2.75) is 12.8 Å². The standard InChI is InChI=1S/C14H18N4O3S/c1-20-10-4-6-11(7-5-10)21-8-2-3-13-17-18-14(22-13)16-12(19)9-15/h4-7H,2-3,8-9,15H2,1H3,(H,16,18,19). The van der Waals surface area contributed by atoms with Gasteiger partial charge in [0.2, 0.25) is 11.0 Å². The molecule has 0 unspecified atom stereocenters. The minimum atomic E-state index is -0.273. The Labute approximate surface area is 132 Å². The molecule has 0 saturated heterocycles. The zero-order chi connectivity index (χ0) is 15.8. The Morgan fingerprint density at radius 1 is 1.27 bits per heavy atom. The topological polar surface area (TPSA) is 99.4 Å². The van der Waals surface area contributed by atoms with Gasteiger partial charge in [0.1, 0.15) is 16.5 Å². The monoisotopic (exact) mass is 322 g/mol. The van der Waals surface area contributed by atoms with Crippen LogP contribution in [0.25, 0.3) is 0 Å². The van der Waals surface area contributed by atoms with Crippen LogP contribution in [0.5, 0.6) is 11.5 Å². The molecule has 7 nitrogen and oxygen atoms in total. The Morgan fingerprint density at radius 3 is 2.68 bits per heavy atom. The van der Waals surface area contributed by atoms with E-state index in [-0.39, 0.29) is 12.5 Å². The highest BCUT2D eigenvalue weighted by Crippen LogP contribution is 2.18. The third-order valence-corrected chi connectivity index (χ3v) is 3.66. The van der Waals surface area contributed by atoms with Crippen molar-refractivity contribution in [3.8, 4) is 11.5 Å². The van der Waals surface area contributed by atoms with Crippen LogP contribution < -0.4 is 20.5 Å². The number of nitrogens with one attached hydrogen (secondary N) is 1. The van der Waals surface area contributed by atoms with Crippen molar-refractivity contribution >= 4 is 22.4 Å². The maximum atomic E-state index is 11.1. The second kappa shape index (κ2) is 8.30. The zero-order valence-corrected chi connectivity index (χ0v) is 13.1. The van der Waals surface area contributed by atoms with Gasteiger partial charge < -0.3 is 15.2 Å². The third kappa shape index (κ3) is 4.97. The van der Waals surface area contributed by atoms with Crippen LogP contribution in [0, 0.1) is 0 Å². The second-order valence-electron chi connectivity index (χ2n) is 4.38.